The summed E-state index contributed by atoms with van der Waals surface area (Å²) in [6.45, 7) is 1.41. The number of benzene rings is 1. The first-order valence-corrected chi connectivity index (χ1v) is 7.83. The number of ether oxygens (including phenoxy) is 1. The van der Waals surface area contributed by atoms with E-state index in [9.17, 15) is 8.78 Å². The van der Waals surface area contributed by atoms with Crippen molar-refractivity contribution >= 4 is 27.9 Å². The minimum absolute atomic E-state index is 0.192. The molecule has 2 rings (SSSR count). The maximum Gasteiger partial charge on any atom is 0.387 e. The lowest BCUT2D eigenvalue weighted by molar-refractivity contribution is -0.0498. The number of halogens is 2. The van der Waals surface area contributed by atoms with Crippen LogP contribution in [0.3, 0.4) is 0 Å². The summed E-state index contributed by atoms with van der Waals surface area (Å²) < 4.78 is 29.5. The van der Waals surface area contributed by atoms with Gasteiger partial charge in [0.25, 0.3) is 0 Å². The summed E-state index contributed by atoms with van der Waals surface area (Å²) in [7, 11) is 0. The molecule has 19 heavy (non-hydrogen) atoms. The lowest BCUT2D eigenvalue weighted by Gasteiger charge is -2.12. The molecule has 1 aliphatic heterocycles. The van der Waals surface area contributed by atoms with E-state index in [1.54, 1.807) is 35.7 Å². The topological polar surface area (TPSA) is 21.6 Å². The molecule has 0 amide bonds. The summed E-state index contributed by atoms with van der Waals surface area (Å²) in [5.74, 6) is 1.23. The third-order valence-corrected chi connectivity index (χ3v) is 5.20. The van der Waals surface area contributed by atoms with Gasteiger partial charge in [-0.3, -0.25) is 4.99 Å². The minimum Gasteiger partial charge on any atom is -0.435 e. The molecule has 0 bridgehead atoms. The number of alkyl halides is 2. The summed E-state index contributed by atoms with van der Waals surface area (Å²) in [5, 5.41) is 0.247. The van der Waals surface area contributed by atoms with Crippen molar-refractivity contribution in [3.63, 3.8) is 0 Å². The third-order valence-electron chi connectivity index (χ3n) is 2.63. The van der Waals surface area contributed by atoms with Crippen molar-refractivity contribution in [1.82, 2.24) is 0 Å². The Bertz CT molecular complexity index is 450. The van der Waals surface area contributed by atoms with Gasteiger partial charge in [0.1, 0.15) is 10.1 Å². The van der Waals surface area contributed by atoms with E-state index in [-0.39, 0.29) is 11.0 Å². The molecule has 0 unspecified atom stereocenters. The summed E-state index contributed by atoms with van der Waals surface area (Å²) in [4.78, 5) is 4.53. The van der Waals surface area contributed by atoms with Gasteiger partial charge in [-0.1, -0.05) is 35.7 Å². The highest BCUT2D eigenvalue weighted by atomic mass is 32.2. The van der Waals surface area contributed by atoms with Crippen LogP contribution >= 0.6 is 23.5 Å². The second-order valence-electron chi connectivity index (χ2n) is 4.26. The van der Waals surface area contributed by atoms with Gasteiger partial charge in [0.05, 0.1) is 6.04 Å². The summed E-state index contributed by atoms with van der Waals surface area (Å²) >= 11 is 3.48. The van der Waals surface area contributed by atoms with E-state index < -0.39 is 6.61 Å². The molecule has 0 N–H and O–H groups in total. The van der Waals surface area contributed by atoms with Crippen LogP contribution < -0.4 is 4.74 Å². The van der Waals surface area contributed by atoms with Crippen LogP contribution in [-0.4, -0.2) is 22.8 Å². The Morgan fingerprint density at radius 3 is 2.58 bits per heavy atom. The molecular formula is C13H15F2NOS2. The lowest BCUT2D eigenvalue weighted by atomic mass is 10.2. The number of rotatable bonds is 4. The van der Waals surface area contributed by atoms with Crippen molar-refractivity contribution in [3.05, 3.63) is 29.8 Å². The van der Waals surface area contributed by atoms with E-state index in [0.717, 1.165) is 15.7 Å². The largest absolute Gasteiger partial charge is 0.435 e. The van der Waals surface area contributed by atoms with Crippen LogP contribution in [0, 0.1) is 0 Å². The van der Waals surface area contributed by atoms with E-state index in [1.165, 1.54) is 0 Å². The Labute approximate surface area is 120 Å². The average Bonchev–Trinajstić information content (AvgIpc) is 2.75. The SMILES string of the molecule is C[C@@H]1CSC(S[C@@H](C)c2ccc(OC(F)F)cc2)=N1. The van der Waals surface area contributed by atoms with Gasteiger partial charge < -0.3 is 4.74 Å². The molecule has 0 saturated carbocycles. The fourth-order valence-corrected chi connectivity index (χ4v) is 4.11. The molecule has 0 fully saturated rings. The third kappa shape index (κ3) is 4.38. The first kappa shape index (κ1) is 14.7. The Hall–Kier alpha value is -0.750. The fraction of sp³-hybridized carbons (Fsp3) is 0.462. The Kier molecular flexibility index (Phi) is 5.10. The molecule has 0 spiro atoms. The van der Waals surface area contributed by atoms with Crippen molar-refractivity contribution in [2.24, 2.45) is 4.99 Å². The molecule has 0 aliphatic carbocycles. The van der Waals surface area contributed by atoms with Crippen molar-refractivity contribution in [1.29, 1.82) is 0 Å². The van der Waals surface area contributed by atoms with E-state index in [1.807, 2.05) is 12.1 Å². The molecule has 1 heterocycles. The minimum atomic E-state index is -2.77. The van der Waals surface area contributed by atoms with E-state index in [4.69, 9.17) is 0 Å². The van der Waals surface area contributed by atoms with Crippen molar-refractivity contribution < 1.29 is 13.5 Å². The number of nitrogens with zero attached hydrogens (tertiary/aromatic N) is 1. The highest BCUT2D eigenvalue weighted by Gasteiger charge is 2.18. The van der Waals surface area contributed by atoms with Gasteiger partial charge in [0, 0.05) is 11.0 Å². The normalized spacial score (nSPS) is 20.5. The van der Waals surface area contributed by atoms with Crippen LogP contribution in [0.4, 0.5) is 8.78 Å². The predicted octanol–water partition coefficient (Wildman–Crippen LogP) is 4.57. The number of hydrogen-bond acceptors (Lipinski definition) is 4. The monoisotopic (exact) mass is 303 g/mol. The lowest BCUT2D eigenvalue weighted by Crippen LogP contribution is -2.01. The first-order valence-electron chi connectivity index (χ1n) is 5.96. The molecular weight excluding hydrogens is 288 g/mol. The highest BCUT2D eigenvalue weighted by molar-refractivity contribution is 8.39. The van der Waals surface area contributed by atoms with Crippen LogP contribution in [0.2, 0.25) is 0 Å². The van der Waals surface area contributed by atoms with Gasteiger partial charge in [-0.15, -0.1) is 0 Å². The second kappa shape index (κ2) is 6.61. The summed E-state index contributed by atoms with van der Waals surface area (Å²) in [6, 6.07) is 7.18. The fourth-order valence-electron chi connectivity index (χ4n) is 1.65. The summed E-state index contributed by atoms with van der Waals surface area (Å²) in [5.41, 5.74) is 1.08. The van der Waals surface area contributed by atoms with Crippen LogP contribution in [0.25, 0.3) is 0 Å². The highest BCUT2D eigenvalue weighted by Crippen LogP contribution is 2.36. The average molecular weight is 303 g/mol. The number of hydrogen-bond donors (Lipinski definition) is 0. The van der Waals surface area contributed by atoms with Gasteiger partial charge in [-0.2, -0.15) is 8.78 Å². The quantitative estimate of drug-likeness (QED) is 0.813. The van der Waals surface area contributed by atoms with Crippen LogP contribution in [0.15, 0.2) is 29.3 Å². The predicted molar refractivity (Wildman–Crippen MR) is 78.4 cm³/mol. The molecule has 1 aliphatic rings. The van der Waals surface area contributed by atoms with E-state index in [2.05, 4.69) is 23.6 Å². The zero-order chi connectivity index (χ0) is 13.8. The number of aliphatic imine (C=N–C) groups is 1. The van der Waals surface area contributed by atoms with Gasteiger partial charge in [0.2, 0.25) is 0 Å². The van der Waals surface area contributed by atoms with Crippen molar-refractivity contribution in [2.75, 3.05) is 5.75 Å². The van der Waals surface area contributed by atoms with Crippen LogP contribution in [-0.2, 0) is 0 Å². The van der Waals surface area contributed by atoms with Gasteiger partial charge in [0.15, 0.2) is 0 Å². The molecule has 104 valence electrons. The maximum atomic E-state index is 12.0. The molecule has 2 atom stereocenters. The second-order valence-corrected chi connectivity index (χ2v) is 6.86. The molecule has 0 radical (unpaired) electrons. The number of thioether (sulfide) groups is 2. The van der Waals surface area contributed by atoms with Gasteiger partial charge in [-0.05, 0) is 31.5 Å². The van der Waals surface area contributed by atoms with Crippen LogP contribution in [0.1, 0.15) is 24.7 Å². The Balaban J connectivity index is 1.95. The summed E-state index contributed by atoms with van der Waals surface area (Å²) in [6.07, 6.45) is 0. The maximum absolute atomic E-state index is 12.0. The molecule has 1 aromatic rings. The van der Waals surface area contributed by atoms with E-state index >= 15 is 0 Å². The molecule has 1 aromatic carbocycles. The zero-order valence-electron chi connectivity index (χ0n) is 10.7. The molecule has 2 nitrogen and oxygen atoms in total. The Morgan fingerprint density at radius 2 is 2.05 bits per heavy atom. The smallest absolute Gasteiger partial charge is 0.387 e. The standard InChI is InChI=1S/C13H15F2NOS2/c1-8-7-18-13(16-8)19-9(2)10-3-5-11(6-4-10)17-12(14)15/h3-6,8-9,12H,7H2,1-2H3/t8-,9+/m1/s1. The molecule has 6 heteroatoms. The van der Waals surface area contributed by atoms with E-state index in [0.29, 0.717) is 6.04 Å². The molecule has 0 aromatic heterocycles. The van der Waals surface area contributed by atoms with Crippen molar-refractivity contribution in [2.45, 2.75) is 31.8 Å². The molecule has 0 saturated heterocycles. The van der Waals surface area contributed by atoms with Crippen molar-refractivity contribution in [3.8, 4) is 5.75 Å². The van der Waals surface area contributed by atoms with Crippen LogP contribution in [0.5, 0.6) is 5.75 Å². The first-order chi connectivity index (χ1) is 9.04. The Morgan fingerprint density at radius 1 is 1.37 bits per heavy atom. The van der Waals surface area contributed by atoms with Gasteiger partial charge in [-0.25, -0.2) is 0 Å². The zero-order valence-corrected chi connectivity index (χ0v) is 12.3. The van der Waals surface area contributed by atoms with Gasteiger partial charge >= 0.3 is 6.61 Å².